The molecule has 0 aliphatic heterocycles. The highest BCUT2D eigenvalue weighted by Crippen LogP contribution is 2.26. The van der Waals surface area contributed by atoms with Gasteiger partial charge in [-0.15, -0.1) is 11.3 Å². The van der Waals surface area contributed by atoms with Gasteiger partial charge in [-0.25, -0.2) is 4.98 Å². The number of hydrogen-bond acceptors (Lipinski definition) is 4. The second-order valence-corrected chi connectivity index (χ2v) is 7.90. The zero-order chi connectivity index (χ0) is 18.6. The molecule has 0 spiro atoms. The van der Waals surface area contributed by atoms with E-state index in [0.717, 1.165) is 10.4 Å². The first-order valence-electron chi connectivity index (χ1n) is 7.73. The predicted molar refractivity (Wildman–Crippen MR) is 102 cm³/mol. The number of amides is 2. The summed E-state index contributed by atoms with van der Waals surface area (Å²) in [5.74, 6) is -0.548. The summed E-state index contributed by atoms with van der Waals surface area (Å²) in [6.45, 7) is 5.14. The second kappa shape index (κ2) is 8.65. The van der Waals surface area contributed by atoms with Crippen LogP contribution >= 0.6 is 34.5 Å². The lowest BCUT2D eigenvalue weighted by Gasteiger charge is -2.20. The minimum Gasteiger partial charge on any atom is -0.344 e. The van der Waals surface area contributed by atoms with Crippen molar-refractivity contribution in [3.05, 3.63) is 44.9 Å². The number of aromatic nitrogens is 1. The van der Waals surface area contributed by atoms with Crippen molar-refractivity contribution < 1.29 is 9.59 Å². The lowest BCUT2D eigenvalue weighted by Crippen LogP contribution is -2.46. The Morgan fingerprint density at radius 1 is 1.24 bits per heavy atom. The minimum atomic E-state index is -0.597. The molecule has 0 aliphatic carbocycles. The van der Waals surface area contributed by atoms with Crippen molar-refractivity contribution in [3.8, 4) is 0 Å². The van der Waals surface area contributed by atoms with Crippen LogP contribution in [0.5, 0.6) is 0 Å². The monoisotopic (exact) mass is 399 g/mol. The van der Waals surface area contributed by atoms with Crippen LogP contribution < -0.4 is 10.6 Å². The highest BCUT2D eigenvalue weighted by atomic mass is 35.5. The zero-order valence-electron chi connectivity index (χ0n) is 14.1. The molecule has 0 unspecified atom stereocenters. The van der Waals surface area contributed by atoms with E-state index >= 15 is 0 Å². The molecule has 0 fully saturated rings. The van der Waals surface area contributed by atoms with Gasteiger partial charge in [-0.2, -0.15) is 0 Å². The number of halogens is 2. The van der Waals surface area contributed by atoms with Crippen LogP contribution in [0.3, 0.4) is 0 Å². The lowest BCUT2D eigenvalue weighted by molar-refractivity contribution is -0.126. The molecule has 1 aromatic heterocycles. The Bertz CT molecular complexity index is 777. The van der Waals surface area contributed by atoms with E-state index in [1.54, 1.807) is 12.3 Å². The highest BCUT2D eigenvalue weighted by molar-refractivity contribution is 7.15. The molecule has 0 aliphatic rings. The normalized spacial score (nSPS) is 12.1. The van der Waals surface area contributed by atoms with E-state index in [2.05, 4.69) is 15.6 Å². The Kier molecular flexibility index (Phi) is 6.81. The van der Waals surface area contributed by atoms with E-state index in [1.807, 2.05) is 26.0 Å². The minimum absolute atomic E-state index is 0.0282. The first kappa shape index (κ1) is 19.7. The molecule has 1 atom stereocenters. The van der Waals surface area contributed by atoms with Crippen LogP contribution in [0.2, 0.25) is 10.0 Å². The van der Waals surface area contributed by atoms with Gasteiger partial charge < -0.3 is 10.6 Å². The molecular weight excluding hydrogens is 381 g/mol. The summed E-state index contributed by atoms with van der Waals surface area (Å²) in [7, 11) is 0. The van der Waals surface area contributed by atoms with Gasteiger partial charge in [0, 0.05) is 24.4 Å². The van der Waals surface area contributed by atoms with Gasteiger partial charge in [-0.05, 0) is 23.6 Å². The number of benzene rings is 1. The van der Waals surface area contributed by atoms with Crippen molar-refractivity contribution >= 4 is 51.5 Å². The summed E-state index contributed by atoms with van der Waals surface area (Å²) < 4.78 is 0. The van der Waals surface area contributed by atoms with Gasteiger partial charge in [0.2, 0.25) is 11.8 Å². The first-order chi connectivity index (χ1) is 11.8. The average molecular weight is 400 g/mol. The van der Waals surface area contributed by atoms with Crippen molar-refractivity contribution in [3.63, 3.8) is 0 Å². The van der Waals surface area contributed by atoms with Crippen LogP contribution in [-0.4, -0.2) is 22.8 Å². The molecule has 25 heavy (non-hydrogen) atoms. The third-order valence-electron chi connectivity index (χ3n) is 3.45. The largest absolute Gasteiger partial charge is 0.344 e. The smallest absolute Gasteiger partial charge is 0.248 e. The van der Waals surface area contributed by atoms with Crippen molar-refractivity contribution in [1.29, 1.82) is 0 Å². The molecule has 2 aromatic rings. The maximum atomic E-state index is 12.3. The average Bonchev–Trinajstić information content (AvgIpc) is 2.95. The Morgan fingerprint density at radius 3 is 2.56 bits per heavy atom. The number of anilines is 1. The Morgan fingerprint density at radius 2 is 1.96 bits per heavy atom. The Labute approximate surface area is 160 Å². The summed E-state index contributed by atoms with van der Waals surface area (Å²) in [6.07, 6.45) is 2.36. The maximum Gasteiger partial charge on any atom is 0.248 e. The molecule has 0 radical (unpaired) electrons. The molecule has 134 valence electrons. The maximum absolute atomic E-state index is 12.3. The molecule has 1 heterocycles. The molecule has 0 bridgehead atoms. The zero-order valence-corrected chi connectivity index (χ0v) is 16.4. The molecular formula is C17H19Cl2N3O2S. The van der Waals surface area contributed by atoms with Gasteiger partial charge in [0.1, 0.15) is 6.04 Å². The van der Waals surface area contributed by atoms with Crippen LogP contribution in [0.15, 0.2) is 24.4 Å². The highest BCUT2D eigenvalue weighted by Gasteiger charge is 2.23. The quantitative estimate of drug-likeness (QED) is 0.766. The van der Waals surface area contributed by atoms with Crippen molar-refractivity contribution in [2.75, 3.05) is 5.32 Å². The van der Waals surface area contributed by atoms with Gasteiger partial charge in [0.05, 0.1) is 10.0 Å². The van der Waals surface area contributed by atoms with Gasteiger partial charge in [-0.1, -0.05) is 43.1 Å². The van der Waals surface area contributed by atoms with E-state index in [9.17, 15) is 9.59 Å². The number of rotatable bonds is 6. The third kappa shape index (κ3) is 5.70. The fourth-order valence-corrected chi connectivity index (χ4v) is 3.41. The van der Waals surface area contributed by atoms with E-state index in [1.165, 1.54) is 18.3 Å². The van der Waals surface area contributed by atoms with Crippen LogP contribution in [0.1, 0.15) is 31.2 Å². The molecule has 0 saturated heterocycles. The van der Waals surface area contributed by atoms with Gasteiger partial charge in [0.15, 0.2) is 5.13 Å². The summed E-state index contributed by atoms with van der Waals surface area (Å²) >= 11 is 13.3. The second-order valence-electron chi connectivity index (χ2n) is 5.97. The molecule has 1 aromatic carbocycles. The number of nitrogens with one attached hydrogen (secondary N) is 2. The van der Waals surface area contributed by atoms with Gasteiger partial charge in [0.25, 0.3) is 0 Å². The van der Waals surface area contributed by atoms with Crippen LogP contribution in [0, 0.1) is 5.92 Å². The Balaban J connectivity index is 2.03. The van der Waals surface area contributed by atoms with Gasteiger partial charge in [-0.3, -0.25) is 9.59 Å². The third-order valence-corrected chi connectivity index (χ3v) is 5.11. The lowest BCUT2D eigenvalue weighted by atomic mass is 10.0. The van der Waals surface area contributed by atoms with Gasteiger partial charge >= 0.3 is 0 Å². The fraction of sp³-hybridized carbons (Fsp3) is 0.353. The van der Waals surface area contributed by atoms with E-state index in [4.69, 9.17) is 23.2 Å². The van der Waals surface area contributed by atoms with E-state index < -0.39 is 6.04 Å². The van der Waals surface area contributed by atoms with E-state index in [0.29, 0.717) is 21.6 Å². The van der Waals surface area contributed by atoms with Crippen LogP contribution in [0.4, 0.5) is 5.13 Å². The van der Waals surface area contributed by atoms with E-state index in [-0.39, 0.29) is 17.7 Å². The summed E-state index contributed by atoms with van der Waals surface area (Å²) in [5, 5.41) is 6.94. The van der Waals surface area contributed by atoms with Crippen LogP contribution in [-0.2, 0) is 16.0 Å². The summed E-state index contributed by atoms with van der Waals surface area (Å²) in [5.41, 5.74) is 1.01. The number of carbonyl (C=O) groups excluding carboxylic acids is 2. The predicted octanol–water partition coefficient (Wildman–Crippen LogP) is 4.14. The standard InChI is InChI=1S/C17H19Cl2N3O2S/c1-9(2)15(21-10(3)23)16(24)22-17-20-8-12(25-17)6-11-4-5-13(18)14(19)7-11/h4-5,7-9,15H,6H2,1-3H3,(H,21,23)(H,20,22,24)/t15-/m0/s1. The van der Waals surface area contributed by atoms with Crippen molar-refractivity contribution in [2.45, 2.75) is 33.2 Å². The Hall–Kier alpha value is -1.63. The molecule has 8 heteroatoms. The molecule has 5 nitrogen and oxygen atoms in total. The number of hydrogen-bond donors (Lipinski definition) is 2. The number of thiazole rings is 1. The van der Waals surface area contributed by atoms with Crippen molar-refractivity contribution in [2.24, 2.45) is 5.92 Å². The molecule has 2 N–H and O–H groups in total. The first-order valence-corrected chi connectivity index (χ1v) is 9.30. The number of carbonyl (C=O) groups is 2. The SMILES string of the molecule is CC(=O)N[C@H](C(=O)Nc1ncc(Cc2ccc(Cl)c(Cl)c2)s1)C(C)C. The fourth-order valence-electron chi connectivity index (χ4n) is 2.23. The number of nitrogens with zero attached hydrogens (tertiary/aromatic N) is 1. The summed E-state index contributed by atoms with van der Waals surface area (Å²) in [6, 6.07) is 4.87. The van der Waals surface area contributed by atoms with Crippen LogP contribution in [0.25, 0.3) is 0 Å². The topological polar surface area (TPSA) is 71.1 Å². The molecule has 2 rings (SSSR count). The van der Waals surface area contributed by atoms with Crippen molar-refractivity contribution in [1.82, 2.24) is 10.3 Å². The summed E-state index contributed by atoms with van der Waals surface area (Å²) in [4.78, 5) is 28.8. The molecule has 0 saturated carbocycles. The molecule has 2 amide bonds.